The van der Waals surface area contributed by atoms with Gasteiger partial charge in [0.1, 0.15) is 0 Å². The lowest BCUT2D eigenvalue weighted by molar-refractivity contribution is 0.136. The van der Waals surface area contributed by atoms with Crippen molar-refractivity contribution in [2.24, 2.45) is 17.6 Å². The number of hydrogen-bond donors (Lipinski definition) is 2. The molecule has 0 amide bonds. The molecule has 4 nitrogen and oxygen atoms in total. The van der Waals surface area contributed by atoms with Gasteiger partial charge in [-0.1, -0.05) is 20.8 Å². The van der Waals surface area contributed by atoms with Crippen LogP contribution in [0.2, 0.25) is 0 Å². The molecular weight excluding hydrogens is 190 g/mol. The Morgan fingerprint density at radius 1 is 1.33 bits per heavy atom. The number of methoxy groups -OCH3 is 1. The minimum atomic E-state index is 0.126. The largest absolute Gasteiger partial charge is 0.387 e. The summed E-state index contributed by atoms with van der Waals surface area (Å²) in [6.07, 6.45) is 0. The van der Waals surface area contributed by atoms with Crippen LogP contribution in [0, 0.1) is 17.2 Å². The molecule has 0 aliphatic rings. The van der Waals surface area contributed by atoms with Gasteiger partial charge in [-0.2, -0.15) is 0 Å². The van der Waals surface area contributed by atoms with Crippen LogP contribution in [0.1, 0.15) is 20.8 Å². The highest BCUT2D eigenvalue weighted by Gasteiger charge is 2.13. The molecule has 15 heavy (non-hydrogen) atoms. The van der Waals surface area contributed by atoms with Crippen LogP contribution in [0.5, 0.6) is 0 Å². The van der Waals surface area contributed by atoms with E-state index in [4.69, 9.17) is 15.9 Å². The maximum absolute atomic E-state index is 7.37. The molecule has 1 unspecified atom stereocenters. The highest BCUT2D eigenvalue weighted by molar-refractivity contribution is 5.79. The standard InChI is InChI=1S/C11H25N3O/c1-9(2)7-14(5-6-15-4)8-10(3)11(12)13/h9-10H,5-8H2,1-4H3,(H3,12,13). The molecule has 3 N–H and O–H groups in total. The fourth-order valence-electron chi connectivity index (χ4n) is 1.48. The number of ether oxygens (including phenoxy) is 1. The van der Waals surface area contributed by atoms with Gasteiger partial charge in [-0.15, -0.1) is 0 Å². The maximum Gasteiger partial charge on any atom is 0.0947 e. The third-order valence-corrected chi connectivity index (χ3v) is 2.30. The molecule has 1 atom stereocenters. The first-order chi connectivity index (χ1) is 6.97. The molecule has 0 rings (SSSR count). The van der Waals surface area contributed by atoms with E-state index in [2.05, 4.69) is 18.7 Å². The Hall–Kier alpha value is -0.610. The van der Waals surface area contributed by atoms with Gasteiger partial charge in [0.15, 0.2) is 0 Å². The van der Waals surface area contributed by atoms with Crippen molar-refractivity contribution in [3.63, 3.8) is 0 Å². The molecule has 0 aromatic carbocycles. The monoisotopic (exact) mass is 215 g/mol. The SMILES string of the molecule is COCCN(CC(C)C)CC(C)C(=N)N. The summed E-state index contributed by atoms with van der Waals surface area (Å²) in [6.45, 7) is 9.89. The smallest absolute Gasteiger partial charge is 0.0947 e. The van der Waals surface area contributed by atoms with E-state index in [-0.39, 0.29) is 11.8 Å². The summed E-state index contributed by atoms with van der Waals surface area (Å²) < 4.78 is 5.07. The van der Waals surface area contributed by atoms with Crippen molar-refractivity contribution in [2.75, 3.05) is 33.4 Å². The van der Waals surface area contributed by atoms with Crippen molar-refractivity contribution in [1.82, 2.24) is 4.90 Å². The van der Waals surface area contributed by atoms with Gasteiger partial charge in [-0.3, -0.25) is 5.41 Å². The Labute approximate surface area is 93.3 Å². The number of rotatable bonds is 8. The average Bonchev–Trinajstić information content (AvgIpc) is 2.13. The first kappa shape index (κ1) is 14.4. The second kappa shape index (κ2) is 7.65. The Balaban J connectivity index is 4.04. The van der Waals surface area contributed by atoms with Gasteiger partial charge in [0, 0.05) is 32.7 Å². The van der Waals surface area contributed by atoms with Crippen LogP contribution in [-0.4, -0.2) is 44.1 Å². The van der Waals surface area contributed by atoms with Crippen molar-refractivity contribution < 1.29 is 4.74 Å². The van der Waals surface area contributed by atoms with Crippen LogP contribution >= 0.6 is 0 Å². The molecular formula is C11H25N3O. The van der Waals surface area contributed by atoms with Crippen LogP contribution in [-0.2, 0) is 4.74 Å². The molecule has 0 radical (unpaired) electrons. The topological polar surface area (TPSA) is 62.3 Å². The Kier molecular flexibility index (Phi) is 7.34. The fourth-order valence-corrected chi connectivity index (χ4v) is 1.48. The summed E-state index contributed by atoms with van der Waals surface area (Å²) in [6, 6.07) is 0. The van der Waals surface area contributed by atoms with Crippen molar-refractivity contribution in [1.29, 1.82) is 5.41 Å². The van der Waals surface area contributed by atoms with E-state index in [1.165, 1.54) is 0 Å². The molecule has 0 heterocycles. The number of hydrogen-bond acceptors (Lipinski definition) is 3. The van der Waals surface area contributed by atoms with E-state index < -0.39 is 0 Å². The molecule has 0 aromatic rings. The third-order valence-electron chi connectivity index (χ3n) is 2.30. The van der Waals surface area contributed by atoms with E-state index >= 15 is 0 Å². The highest BCUT2D eigenvalue weighted by atomic mass is 16.5. The first-order valence-electron chi connectivity index (χ1n) is 5.52. The third kappa shape index (κ3) is 7.33. The van der Waals surface area contributed by atoms with Gasteiger partial charge >= 0.3 is 0 Å². The van der Waals surface area contributed by atoms with Gasteiger partial charge in [0.2, 0.25) is 0 Å². The van der Waals surface area contributed by atoms with Crippen LogP contribution in [0.25, 0.3) is 0 Å². The molecule has 0 aromatic heterocycles. The second-order valence-corrected chi connectivity index (χ2v) is 4.50. The zero-order valence-electron chi connectivity index (χ0n) is 10.4. The molecule has 0 saturated carbocycles. The number of nitrogens with one attached hydrogen (secondary N) is 1. The molecule has 0 saturated heterocycles. The summed E-state index contributed by atoms with van der Waals surface area (Å²) in [4.78, 5) is 2.31. The van der Waals surface area contributed by atoms with Crippen molar-refractivity contribution in [3.8, 4) is 0 Å². The minimum absolute atomic E-state index is 0.126. The Morgan fingerprint density at radius 3 is 2.33 bits per heavy atom. The van der Waals surface area contributed by atoms with Gasteiger partial charge in [-0.25, -0.2) is 0 Å². The predicted octanol–water partition coefficient (Wildman–Crippen LogP) is 1.16. The minimum Gasteiger partial charge on any atom is -0.387 e. The van der Waals surface area contributed by atoms with Crippen LogP contribution < -0.4 is 5.73 Å². The summed E-state index contributed by atoms with van der Waals surface area (Å²) in [5, 5.41) is 7.37. The first-order valence-corrected chi connectivity index (χ1v) is 5.52. The normalized spacial score (nSPS) is 13.5. The van der Waals surface area contributed by atoms with E-state index in [1.54, 1.807) is 7.11 Å². The average molecular weight is 215 g/mol. The maximum atomic E-state index is 7.37. The summed E-state index contributed by atoms with van der Waals surface area (Å²) in [5.41, 5.74) is 5.47. The molecule has 0 aliphatic heterocycles. The fraction of sp³-hybridized carbons (Fsp3) is 0.909. The quantitative estimate of drug-likeness (QED) is 0.472. The van der Waals surface area contributed by atoms with Gasteiger partial charge in [0.05, 0.1) is 12.4 Å². The van der Waals surface area contributed by atoms with Crippen LogP contribution in [0.15, 0.2) is 0 Å². The van der Waals surface area contributed by atoms with E-state index in [0.717, 1.165) is 26.2 Å². The number of nitrogens with zero attached hydrogens (tertiary/aromatic N) is 1. The summed E-state index contributed by atoms with van der Waals surface area (Å²) in [7, 11) is 1.71. The molecule has 0 bridgehead atoms. The number of amidine groups is 1. The van der Waals surface area contributed by atoms with Crippen molar-refractivity contribution in [2.45, 2.75) is 20.8 Å². The Morgan fingerprint density at radius 2 is 1.93 bits per heavy atom. The van der Waals surface area contributed by atoms with E-state index in [9.17, 15) is 0 Å². The van der Waals surface area contributed by atoms with Crippen LogP contribution in [0.3, 0.4) is 0 Å². The van der Waals surface area contributed by atoms with Crippen LogP contribution in [0.4, 0.5) is 0 Å². The number of nitrogens with two attached hydrogens (primary N) is 1. The van der Waals surface area contributed by atoms with Gasteiger partial charge in [0.25, 0.3) is 0 Å². The molecule has 0 aliphatic carbocycles. The molecule has 90 valence electrons. The van der Waals surface area contributed by atoms with E-state index in [0.29, 0.717) is 5.92 Å². The lowest BCUT2D eigenvalue weighted by Gasteiger charge is -2.26. The molecule has 4 heteroatoms. The lowest BCUT2D eigenvalue weighted by Crippen LogP contribution is -2.38. The lowest BCUT2D eigenvalue weighted by atomic mass is 10.1. The predicted molar refractivity (Wildman–Crippen MR) is 64.2 cm³/mol. The zero-order valence-corrected chi connectivity index (χ0v) is 10.4. The molecule has 0 fully saturated rings. The van der Waals surface area contributed by atoms with Gasteiger partial charge < -0.3 is 15.4 Å². The van der Waals surface area contributed by atoms with E-state index in [1.807, 2.05) is 6.92 Å². The zero-order chi connectivity index (χ0) is 11.8. The second-order valence-electron chi connectivity index (χ2n) is 4.50. The highest BCUT2D eigenvalue weighted by Crippen LogP contribution is 2.03. The summed E-state index contributed by atoms with van der Waals surface area (Å²) >= 11 is 0. The van der Waals surface area contributed by atoms with Crippen molar-refractivity contribution >= 4 is 5.84 Å². The van der Waals surface area contributed by atoms with Gasteiger partial charge in [-0.05, 0) is 5.92 Å². The Bertz CT molecular complexity index is 183. The molecule has 0 spiro atoms. The van der Waals surface area contributed by atoms with Crippen molar-refractivity contribution in [3.05, 3.63) is 0 Å². The summed E-state index contributed by atoms with van der Waals surface area (Å²) in [5.74, 6) is 1.02.